The van der Waals surface area contributed by atoms with Gasteiger partial charge in [-0.1, -0.05) is 48.6 Å². The van der Waals surface area contributed by atoms with Gasteiger partial charge in [-0.25, -0.2) is 0 Å². The fraction of sp³-hybridized carbons (Fsp3) is 0.143. The van der Waals surface area contributed by atoms with E-state index in [0.29, 0.717) is 0 Å². The summed E-state index contributed by atoms with van der Waals surface area (Å²) in [5.41, 5.74) is 5.69. The molecule has 0 fully saturated rings. The zero-order valence-corrected chi connectivity index (χ0v) is 12.3. The number of allylic oxidation sites excluding steroid dienone is 1. The molecule has 0 amide bonds. The van der Waals surface area contributed by atoms with Gasteiger partial charge in [0.1, 0.15) is 0 Å². The van der Waals surface area contributed by atoms with Crippen molar-refractivity contribution in [2.45, 2.75) is 20.3 Å². The van der Waals surface area contributed by atoms with Crippen LogP contribution in [-0.2, 0) is 6.42 Å². The molecule has 4 aromatic rings. The lowest BCUT2D eigenvalue weighted by atomic mass is 9.83. The first-order valence-corrected chi connectivity index (χ1v) is 7.62. The van der Waals surface area contributed by atoms with Crippen molar-refractivity contribution in [1.82, 2.24) is 0 Å². The Morgan fingerprint density at radius 3 is 2.48 bits per heavy atom. The second kappa shape index (κ2) is 3.65. The fourth-order valence-corrected chi connectivity index (χ4v) is 4.10. The Kier molecular flexibility index (Phi) is 1.97. The van der Waals surface area contributed by atoms with E-state index in [1.165, 1.54) is 54.6 Å². The first kappa shape index (κ1) is 11.3. The van der Waals surface area contributed by atoms with Crippen molar-refractivity contribution in [3.63, 3.8) is 0 Å². The van der Waals surface area contributed by atoms with Crippen molar-refractivity contribution in [2.75, 3.05) is 0 Å². The Hall–Kier alpha value is -2.34. The molecule has 21 heavy (non-hydrogen) atoms. The van der Waals surface area contributed by atoms with Gasteiger partial charge in [-0.15, -0.1) is 0 Å². The van der Waals surface area contributed by atoms with Crippen LogP contribution in [0.15, 0.2) is 42.5 Å². The summed E-state index contributed by atoms with van der Waals surface area (Å²) in [7, 11) is 0. The number of hydrogen-bond acceptors (Lipinski definition) is 0. The predicted molar refractivity (Wildman–Crippen MR) is 92.4 cm³/mol. The minimum atomic E-state index is 1.05. The highest BCUT2D eigenvalue weighted by Crippen LogP contribution is 2.42. The van der Waals surface area contributed by atoms with E-state index < -0.39 is 0 Å². The van der Waals surface area contributed by atoms with Crippen molar-refractivity contribution in [1.29, 1.82) is 0 Å². The molecule has 0 radical (unpaired) electrons. The average molecular weight is 268 g/mol. The van der Waals surface area contributed by atoms with Gasteiger partial charge in [0, 0.05) is 0 Å². The molecule has 5 rings (SSSR count). The van der Waals surface area contributed by atoms with Gasteiger partial charge in [0.05, 0.1) is 0 Å². The molecule has 0 aliphatic heterocycles. The maximum Gasteiger partial charge on any atom is -0.00150 e. The van der Waals surface area contributed by atoms with Crippen LogP contribution in [0.4, 0.5) is 0 Å². The van der Waals surface area contributed by atoms with Crippen LogP contribution in [0.3, 0.4) is 0 Å². The molecule has 0 N–H and O–H groups in total. The van der Waals surface area contributed by atoms with Crippen molar-refractivity contribution < 1.29 is 0 Å². The molecule has 0 heterocycles. The minimum Gasteiger partial charge on any atom is -0.0795 e. The molecule has 0 saturated heterocycles. The number of benzene rings is 4. The van der Waals surface area contributed by atoms with Gasteiger partial charge < -0.3 is 0 Å². The van der Waals surface area contributed by atoms with Crippen molar-refractivity contribution in [2.24, 2.45) is 0 Å². The molecular weight excluding hydrogens is 252 g/mol. The van der Waals surface area contributed by atoms with E-state index in [0.717, 1.165) is 6.42 Å². The summed E-state index contributed by atoms with van der Waals surface area (Å²) in [5.74, 6) is 0. The molecule has 0 nitrogen and oxygen atoms in total. The minimum absolute atomic E-state index is 1.05. The summed E-state index contributed by atoms with van der Waals surface area (Å²) >= 11 is 0. The molecule has 0 aromatic heterocycles. The maximum atomic E-state index is 2.39. The van der Waals surface area contributed by atoms with Crippen molar-refractivity contribution in [3.05, 3.63) is 64.7 Å². The standard InChI is InChI=1S/C21H16/c1-12-13(2)18-10-9-14-5-3-6-15-11-16-7-4-8-17(12)20(16)21(18)19(14)15/h3-5,7-11H,6H2,1-2H3. The van der Waals surface area contributed by atoms with Crippen molar-refractivity contribution >= 4 is 38.4 Å². The molecule has 0 spiro atoms. The molecule has 100 valence electrons. The molecule has 0 atom stereocenters. The molecular formula is C21H16. The summed E-state index contributed by atoms with van der Waals surface area (Å²) in [4.78, 5) is 0. The van der Waals surface area contributed by atoms with Gasteiger partial charge in [0.15, 0.2) is 0 Å². The molecule has 1 aliphatic rings. The number of rotatable bonds is 0. The highest BCUT2D eigenvalue weighted by Gasteiger charge is 2.18. The zero-order valence-electron chi connectivity index (χ0n) is 12.3. The Labute approximate surface area is 124 Å². The van der Waals surface area contributed by atoms with E-state index in [1.54, 1.807) is 0 Å². The monoisotopic (exact) mass is 268 g/mol. The average Bonchev–Trinajstić information content (AvgIpc) is 2.52. The lowest BCUT2D eigenvalue weighted by Crippen LogP contribution is -1.98. The van der Waals surface area contributed by atoms with Gasteiger partial charge in [-0.3, -0.25) is 0 Å². The third-order valence-electron chi connectivity index (χ3n) is 5.24. The Balaban J connectivity index is 2.25. The normalized spacial score (nSPS) is 13.8. The molecule has 0 bridgehead atoms. The van der Waals surface area contributed by atoms with E-state index >= 15 is 0 Å². The highest BCUT2D eigenvalue weighted by atomic mass is 14.2. The summed E-state index contributed by atoms with van der Waals surface area (Å²) < 4.78 is 0. The van der Waals surface area contributed by atoms with Crippen LogP contribution in [-0.4, -0.2) is 0 Å². The molecule has 0 heteroatoms. The van der Waals surface area contributed by atoms with Crippen LogP contribution in [0, 0.1) is 13.8 Å². The first-order valence-electron chi connectivity index (χ1n) is 7.62. The Morgan fingerprint density at radius 2 is 1.62 bits per heavy atom. The van der Waals surface area contributed by atoms with Crippen LogP contribution in [0.2, 0.25) is 0 Å². The van der Waals surface area contributed by atoms with Crippen LogP contribution in [0.5, 0.6) is 0 Å². The highest BCUT2D eigenvalue weighted by molar-refractivity contribution is 6.27. The third kappa shape index (κ3) is 1.26. The fourth-order valence-electron chi connectivity index (χ4n) is 4.10. The van der Waals surface area contributed by atoms with Gasteiger partial charge in [0.2, 0.25) is 0 Å². The SMILES string of the molecule is Cc1c(C)c2ccc3c4c(cc5cccc1c5c24)CC=C3. The van der Waals surface area contributed by atoms with E-state index in [1.807, 2.05) is 0 Å². The first-order chi connectivity index (χ1) is 10.3. The molecule has 1 aliphatic carbocycles. The number of aryl methyl sites for hydroxylation is 2. The lowest BCUT2D eigenvalue weighted by molar-refractivity contribution is 1.30. The van der Waals surface area contributed by atoms with E-state index in [4.69, 9.17) is 0 Å². The van der Waals surface area contributed by atoms with Gasteiger partial charge >= 0.3 is 0 Å². The summed E-state index contributed by atoms with van der Waals surface area (Å²) in [6, 6.07) is 13.7. The maximum absolute atomic E-state index is 2.39. The lowest BCUT2D eigenvalue weighted by Gasteiger charge is -2.21. The van der Waals surface area contributed by atoms with Crippen LogP contribution in [0.25, 0.3) is 38.4 Å². The largest absolute Gasteiger partial charge is 0.0795 e. The van der Waals surface area contributed by atoms with Crippen molar-refractivity contribution in [3.8, 4) is 0 Å². The summed E-state index contributed by atoms with van der Waals surface area (Å²) in [6.45, 7) is 4.52. The van der Waals surface area contributed by atoms with E-state index in [-0.39, 0.29) is 0 Å². The topological polar surface area (TPSA) is 0 Å². The molecule has 0 unspecified atom stereocenters. The zero-order chi connectivity index (χ0) is 14.1. The quantitative estimate of drug-likeness (QED) is 0.355. The van der Waals surface area contributed by atoms with Crippen LogP contribution >= 0.6 is 0 Å². The van der Waals surface area contributed by atoms with Gasteiger partial charge in [-0.2, -0.15) is 0 Å². The number of hydrogen-bond donors (Lipinski definition) is 0. The van der Waals surface area contributed by atoms with E-state index in [2.05, 4.69) is 62.4 Å². The predicted octanol–water partition coefficient (Wildman–Crippen LogP) is 5.77. The Bertz CT molecular complexity index is 1060. The summed E-state index contributed by atoms with van der Waals surface area (Å²) in [6.07, 6.45) is 5.61. The second-order valence-electron chi connectivity index (χ2n) is 6.25. The molecule has 4 aromatic carbocycles. The second-order valence-corrected chi connectivity index (χ2v) is 6.25. The Morgan fingerprint density at radius 1 is 0.810 bits per heavy atom. The van der Waals surface area contributed by atoms with Gasteiger partial charge in [-0.05, 0) is 74.8 Å². The van der Waals surface area contributed by atoms with Crippen LogP contribution in [0.1, 0.15) is 22.3 Å². The van der Waals surface area contributed by atoms with Crippen LogP contribution < -0.4 is 0 Å². The third-order valence-corrected chi connectivity index (χ3v) is 5.24. The smallest absolute Gasteiger partial charge is 0.00150 e. The molecule has 0 saturated carbocycles. The summed E-state index contributed by atoms with van der Waals surface area (Å²) in [5, 5.41) is 8.62. The van der Waals surface area contributed by atoms with Gasteiger partial charge in [0.25, 0.3) is 0 Å². The van der Waals surface area contributed by atoms with E-state index in [9.17, 15) is 0 Å².